The van der Waals surface area contributed by atoms with Gasteiger partial charge in [0.1, 0.15) is 24.0 Å². The maximum absolute atomic E-state index is 12.6. The summed E-state index contributed by atoms with van der Waals surface area (Å²) in [5.41, 5.74) is 1.50. The van der Waals surface area contributed by atoms with E-state index < -0.39 is 0 Å². The summed E-state index contributed by atoms with van der Waals surface area (Å²) in [6, 6.07) is 11.4. The Labute approximate surface area is 157 Å². The Hall–Kier alpha value is -2.93. The number of rotatable bonds is 5. The average molecular weight is 366 g/mol. The molecule has 0 atom stereocenters. The third kappa shape index (κ3) is 3.38. The summed E-state index contributed by atoms with van der Waals surface area (Å²) in [7, 11) is 1.86. The Balaban J connectivity index is 1.38. The Morgan fingerprint density at radius 1 is 1.30 bits per heavy atom. The van der Waals surface area contributed by atoms with Gasteiger partial charge in [0.2, 0.25) is 0 Å². The first-order valence-electron chi connectivity index (χ1n) is 9.02. The van der Waals surface area contributed by atoms with Crippen LogP contribution in [0.5, 0.6) is 0 Å². The molecule has 2 aromatic heterocycles. The van der Waals surface area contributed by atoms with Crippen molar-refractivity contribution in [1.82, 2.24) is 20.1 Å². The molecule has 0 radical (unpaired) electrons. The number of benzene rings is 1. The molecule has 1 aliphatic rings. The summed E-state index contributed by atoms with van der Waals surface area (Å²) in [4.78, 5) is 12.6. The predicted octanol–water partition coefficient (Wildman–Crippen LogP) is 2.55. The van der Waals surface area contributed by atoms with Crippen molar-refractivity contribution < 1.29 is 14.3 Å². The van der Waals surface area contributed by atoms with Crippen LogP contribution in [0.4, 0.5) is 0 Å². The molecule has 3 aromatic rings. The maximum atomic E-state index is 12.6. The van der Waals surface area contributed by atoms with Crippen LogP contribution in [0.2, 0.25) is 0 Å². The third-order valence-corrected chi connectivity index (χ3v) is 5.13. The zero-order valence-corrected chi connectivity index (χ0v) is 15.3. The quantitative estimate of drug-likeness (QED) is 0.724. The van der Waals surface area contributed by atoms with Gasteiger partial charge in [-0.25, -0.2) is 0 Å². The van der Waals surface area contributed by atoms with Crippen molar-refractivity contribution in [2.45, 2.75) is 38.3 Å². The molecule has 0 saturated heterocycles. The first-order chi connectivity index (χ1) is 13.0. The van der Waals surface area contributed by atoms with E-state index in [1.807, 2.05) is 48.9 Å². The fraction of sp³-hybridized carbons (Fsp3) is 0.350. The number of amides is 1. The van der Waals surface area contributed by atoms with Crippen molar-refractivity contribution in [1.29, 1.82) is 0 Å². The number of nitrogens with one attached hydrogen (secondary N) is 1. The van der Waals surface area contributed by atoms with Crippen molar-refractivity contribution in [3.8, 4) is 11.3 Å². The second-order valence-electron chi connectivity index (χ2n) is 7.02. The van der Waals surface area contributed by atoms with Gasteiger partial charge < -0.3 is 19.4 Å². The number of furan rings is 1. The lowest BCUT2D eigenvalue weighted by atomic mass is 9.79. The van der Waals surface area contributed by atoms with Crippen LogP contribution in [-0.2, 0) is 13.7 Å². The van der Waals surface area contributed by atoms with E-state index in [2.05, 4.69) is 15.5 Å². The molecule has 7 heteroatoms. The zero-order valence-electron chi connectivity index (χ0n) is 15.3. The Kier molecular flexibility index (Phi) is 4.53. The molecule has 7 nitrogen and oxygen atoms in total. The number of carbonyl (C=O) groups is 1. The third-order valence-electron chi connectivity index (χ3n) is 5.13. The average Bonchev–Trinajstić information content (AvgIpc) is 3.23. The highest BCUT2D eigenvalue weighted by molar-refractivity contribution is 5.95. The zero-order chi connectivity index (χ0) is 19.0. The lowest BCUT2D eigenvalue weighted by Crippen LogP contribution is -2.44. The van der Waals surface area contributed by atoms with Gasteiger partial charge >= 0.3 is 0 Å². The van der Waals surface area contributed by atoms with Crippen LogP contribution >= 0.6 is 0 Å². The number of aromatic nitrogens is 3. The Bertz CT molecular complexity index is 969. The molecule has 1 saturated carbocycles. The molecule has 1 aliphatic carbocycles. The van der Waals surface area contributed by atoms with Gasteiger partial charge in [-0.2, -0.15) is 0 Å². The summed E-state index contributed by atoms with van der Waals surface area (Å²) in [5, 5.41) is 20.4. The minimum Gasteiger partial charge on any atom is -0.461 e. The highest BCUT2D eigenvalue weighted by Gasteiger charge is 2.35. The fourth-order valence-corrected chi connectivity index (χ4v) is 3.49. The number of aryl methyl sites for hydroxylation is 1. The van der Waals surface area contributed by atoms with E-state index in [0.717, 1.165) is 35.7 Å². The Morgan fingerprint density at radius 3 is 2.78 bits per heavy atom. The number of hydrogen-bond donors (Lipinski definition) is 2. The Morgan fingerprint density at radius 2 is 2.11 bits per heavy atom. The number of carbonyl (C=O) groups excluding carboxylic acids is 1. The van der Waals surface area contributed by atoms with Crippen LogP contribution in [-0.4, -0.2) is 31.8 Å². The first-order valence-corrected chi connectivity index (χ1v) is 9.02. The second-order valence-corrected chi connectivity index (χ2v) is 7.02. The predicted molar refractivity (Wildman–Crippen MR) is 99.0 cm³/mol. The smallest absolute Gasteiger partial charge is 0.251 e. The number of nitrogens with zero attached hydrogens (tertiary/aromatic N) is 3. The van der Waals surface area contributed by atoms with Crippen molar-refractivity contribution in [3.63, 3.8) is 0 Å². The molecule has 2 heterocycles. The minimum atomic E-state index is -0.123. The molecule has 1 aromatic carbocycles. The maximum Gasteiger partial charge on any atom is 0.251 e. The molecule has 0 aliphatic heterocycles. The van der Waals surface area contributed by atoms with Crippen LogP contribution in [0.25, 0.3) is 11.3 Å². The topological polar surface area (TPSA) is 93.2 Å². The SMILES string of the molecule is Cc1ccc(-c2cccc(C(=O)NC3CC(c4nnc(CO)n4C)C3)c2)o1. The fourth-order valence-electron chi connectivity index (χ4n) is 3.49. The van der Waals surface area contributed by atoms with E-state index in [4.69, 9.17) is 4.42 Å². The summed E-state index contributed by atoms with van der Waals surface area (Å²) < 4.78 is 7.47. The van der Waals surface area contributed by atoms with Gasteiger partial charge in [-0.15, -0.1) is 10.2 Å². The van der Waals surface area contributed by atoms with Gasteiger partial charge in [-0.05, 0) is 44.0 Å². The van der Waals surface area contributed by atoms with Crippen molar-refractivity contribution in [2.24, 2.45) is 7.05 Å². The molecule has 0 unspecified atom stereocenters. The van der Waals surface area contributed by atoms with Crippen LogP contribution in [0, 0.1) is 6.92 Å². The van der Waals surface area contributed by atoms with Crippen LogP contribution in [0.1, 0.15) is 46.5 Å². The van der Waals surface area contributed by atoms with E-state index in [1.54, 1.807) is 6.07 Å². The van der Waals surface area contributed by atoms with Crippen LogP contribution in [0.15, 0.2) is 40.8 Å². The molecular formula is C20H22N4O3. The summed E-state index contributed by atoms with van der Waals surface area (Å²) in [6.07, 6.45) is 1.64. The standard InChI is InChI=1S/C20H22N4O3/c1-12-6-7-17(27-12)13-4-3-5-14(8-13)20(26)21-16-9-15(10-16)19-23-22-18(11-25)24(19)2/h3-8,15-16,25H,9-11H2,1-2H3,(H,21,26). The van der Waals surface area contributed by atoms with E-state index >= 15 is 0 Å². The van der Waals surface area contributed by atoms with E-state index in [9.17, 15) is 9.90 Å². The van der Waals surface area contributed by atoms with E-state index in [0.29, 0.717) is 11.4 Å². The van der Waals surface area contributed by atoms with Gasteiger partial charge in [0.25, 0.3) is 5.91 Å². The van der Waals surface area contributed by atoms with E-state index in [-0.39, 0.29) is 24.5 Å². The molecule has 4 rings (SSSR count). The number of hydrogen-bond acceptors (Lipinski definition) is 5. The normalized spacial score (nSPS) is 18.9. The monoisotopic (exact) mass is 366 g/mol. The minimum absolute atomic E-state index is 0.0856. The molecule has 2 N–H and O–H groups in total. The molecule has 140 valence electrons. The van der Waals surface area contributed by atoms with Gasteiger partial charge in [-0.3, -0.25) is 4.79 Å². The van der Waals surface area contributed by atoms with Crippen molar-refractivity contribution >= 4 is 5.91 Å². The highest BCUT2D eigenvalue weighted by atomic mass is 16.3. The van der Waals surface area contributed by atoms with Gasteiger partial charge in [-0.1, -0.05) is 12.1 Å². The summed E-state index contributed by atoms with van der Waals surface area (Å²) in [6.45, 7) is 1.77. The van der Waals surface area contributed by atoms with Crippen LogP contribution in [0.3, 0.4) is 0 Å². The largest absolute Gasteiger partial charge is 0.461 e. The summed E-state index contributed by atoms with van der Waals surface area (Å²) >= 11 is 0. The first kappa shape index (κ1) is 17.5. The van der Waals surface area contributed by atoms with Crippen molar-refractivity contribution in [3.05, 3.63) is 59.4 Å². The molecular weight excluding hydrogens is 344 g/mol. The lowest BCUT2D eigenvalue weighted by Gasteiger charge is -2.35. The highest BCUT2D eigenvalue weighted by Crippen LogP contribution is 2.36. The van der Waals surface area contributed by atoms with E-state index in [1.165, 1.54) is 0 Å². The number of aliphatic hydroxyl groups excluding tert-OH is 1. The molecule has 27 heavy (non-hydrogen) atoms. The number of aliphatic hydroxyl groups is 1. The van der Waals surface area contributed by atoms with Gasteiger partial charge in [0.15, 0.2) is 5.82 Å². The molecule has 0 bridgehead atoms. The molecule has 1 amide bonds. The summed E-state index contributed by atoms with van der Waals surface area (Å²) in [5.74, 6) is 3.19. The molecule has 0 spiro atoms. The van der Waals surface area contributed by atoms with Gasteiger partial charge in [0.05, 0.1) is 0 Å². The van der Waals surface area contributed by atoms with Crippen LogP contribution < -0.4 is 5.32 Å². The second kappa shape index (κ2) is 7.00. The van der Waals surface area contributed by atoms with Gasteiger partial charge in [0, 0.05) is 30.1 Å². The lowest BCUT2D eigenvalue weighted by molar-refractivity contribution is 0.0907. The van der Waals surface area contributed by atoms with Crippen molar-refractivity contribution in [2.75, 3.05) is 0 Å². The molecule has 1 fully saturated rings.